The summed E-state index contributed by atoms with van der Waals surface area (Å²) in [6.07, 6.45) is 0. The van der Waals surface area contributed by atoms with Crippen LogP contribution in [0.1, 0.15) is 0 Å². The zero-order valence-corrected chi connectivity index (χ0v) is 17.3. The SMILES string of the molecule is Cn1c(=O)n(C)c2cc(Oc3ccccc3)c(NS(=O)(=O)c3ccc(F)cc3F)cc21. The fraction of sp³-hybridized carbons (Fsp3) is 0.0952. The van der Waals surface area contributed by atoms with Crippen LogP contribution in [-0.2, 0) is 24.1 Å². The molecule has 31 heavy (non-hydrogen) atoms. The van der Waals surface area contributed by atoms with Crippen molar-refractivity contribution in [3.05, 3.63) is 82.8 Å². The van der Waals surface area contributed by atoms with Crippen LogP contribution in [0.2, 0.25) is 0 Å². The van der Waals surface area contributed by atoms with E-state index < -0.39 is 26.6 Å². The van der Waals surface area contributed by atoms with Gasteiger partial charge in [0.1, 0.15) is 22.3 Å². The molecule has 0 spiro atoms. The lowest BCUT2D eigenvalue weighted by Crippen LogP contribution is -2.19. The van der Waals surface area contributed by atoms with Gasteiger partial charge >= 0.3 is 5.69 Å². The van der Waals surface area contributed by atoms with Crippen LogP contribution >= 0.6 is 0 Å². The Labute approximate surface area is 176 Å². The average molecular weight is 445 g/mol. The van der Waals surface area contributed by atoms with Crippen molar-refractivity contribution in [2.45, 2.75) is 4.90 Å². The van der Waals surface area contributed by atoms with Crippen molar-refractivity contribution >= 4 is 26.7 Å². The first kappa shape index (κ1) is 20.6. The molecule has 0 saturated heterocycles. The van der Waals surface area contributed by atoms with E-state index in [1.807, 2.05) is 0 Å². The normalized spacial score (nSPS) is 11.6. The van der Waals surface area contributed by atoms with E-state index in [1.165, 1.54) is 21.3 Å². The van der Waals surface area contributed by atoms with Crippen LogP contribution in [-0.4, -0.2) is 17.6 Å². The monoisotopic (exact) mass is 445 g/mol. The number of aromatic nitrogens is 2. The van der Waals surface area contributed by atoms with E-state index in [-0.39, 0.29) is 17.1 Å². The molecule has 4 rings (SSSR count). The molecule has 0 aliphatic carbocycles. The quantitative estimate of drug-likeness (QED) is 0.507. The largest absolute Gasteiger partial charge is 0.455 e. The predicted molar refractivity (Wildman–Crippen MR) is 112 cm³/mol. The number of imidazole rings is 1. The van der Waals surface area contributed by atoms with Crippen molar-refractivity contribution in [3.63, 3.8) is 0 Å². The van der Waals surface area contributed by atoms with Gasteiger partial charge in [-0.3, -0.25) is 13.9 Å². The van der Waals surface area contributed by atoms with E-state index in [9.17, 15) is 22.0 Å². The van der Waals surface area contributed by atoms with E-state index >= 15 is 0 Å². The molecular weight excluding hydrogens is 428 g/mol. The lowest BCUT2D eigenvalue weighted by atomic mass is 10.2. The van der Waals surface area contributed by atoms with E-state index in [0.29, 0.717) is 22.8 Å². The fourth-order valence-corrected chi connectivity index (χ4v) is 4.32. The number of halogens is 2. The average Bonchev–Trinajstić information content (AvgIpc) is 2.92. The molecule has 0 aliphatic rings. The Hall–Kier alpha value is -3.66. The summed E-state index contributed by atoms with van der Waals surface area (Å²) >= 11 is 0. The van der Waals surface area contributed by atoms with Crippen LogP contribution in [0.25, 0.3) is 11.0 Å². The summed E-state index contributed by atoms with van der Waals surface area (Å²) in [6.45, 7) is 0. The Morgan fingerprint density at radius 1 is 0.903 bits per heavy atom. The second kappa shape index (κ2) is 7.55. The van der Waals surface area contributed by atoms with Crippen LogP contribution in [0, 0.1) is 11.6 Å². The van der Waals surface area contributed by atoms with Gasteiger partial charge in [-0.2, -0.15) is 0 Å². The molecule has 160 valence electrons. The molecule has 3 aromatic carbocycles. The molecule has 0 bridgehead atoms. The molecule has 1 aromatic heterocycles. The zero-order valence-electron chi connectivity index (χ0n) is 16.5. The lowest BCUT2D eigenvalue weighted by molar-refractivity contribution is 0.485. The first-order valence-corrected chi connectivity index (χ1v) is 10.6. The number of ether oxygens (including phenoxy) is 1. The number of anilines is 1. The highest BCUT2D eigenvalue weighted by molar-refractivity contribution is 7.92. The summed E-state index contributed by atoms with van der Waals surface area (Å²) in [4.78, 5) is 11.6. The summed E-state index contributed by atoms with van der Waals surface area (Å²) in [5, 5.41) is 0. The predicted octanol–water partition coefficient (Wildman–Crippen LogP) is 3.75. The van der Waals surface area contributed by atoms with Crippen molar-refractivity contribution in [1.82, 2.24) is 9.13 Å². The number of aryl methyl sites for hydroxylation is 2. The molecule has 0 unspecified atom stereocenters. The summed E-state index contributed by atoms with van der Waals surface area (Å²) in [6, 6.07) is 13.7. The van der Waals surface area contributed by atoms with Crippen LogP contribution < -0.4 is 15.1 Å². The summed E-state index contributed by atoms with van der Waals surface area (Å²) in [5.74, 6) is -1.60. The van der Waals surface area contributed by atoms with Crippen LogP contribution in [0.4, 0.5) is 14.5 Å². The van der Waals surface area contributed by atoms with Gasteiger partial charge in [0, 0.05) is 26.2 Å². The van der Waals surface area contributed by atoms with Crippen LogP contribution in [0.3, 0.4) is 0 Å². The molecule has 0 fully saturated rings. The Kier molecular flexibility index (Phi) is 5.02. The third-order valence-corrected chi connectivity index (χ3v) is 6.17. The van der Waals surface area contributed by atoms with Gasteiger partial charge in [0.15, 0.2) is 5.75 Å². The third-order valence-electron chi connectivity index (χ3n) is 4.77. The van der Waals surface area contributed by atoms with Gasteiger partial charge in [0.05, 0.1) is 16.7 Å². The molecule has 0 atom stereocenters. The molecular formula is C21H17F2N3O4S. The fourth-order valence-electron chi connectivity index (χ4n) is 3.20. The number of benzene rings is 3. The number of hydrogen-bond acceptors (Lipinski definition) is 4. The zero-order chi connectivity index (χ0) is 22.3. The Morgan fingerprint density at radius 3 is 2.19 bits per heavy atom. The first-order valence-electron chi connectivity index (χ1n) is 9.07. The molecule has 0 aliphatic heterocycles. The Bertz CT molecular complexity index is 1460. The van der Waals surface area contributed by atoms with Crippen LogP contribution in [0.15, 0.2) is 70.4 Å². The summed E-state index contributed by atoms with van der Waals surface area (Å²) in [5.41, 5.74) is 0.617. The molecule has 0 radical (unpaired) electrons. The number of para-hydroxylation sites is 1. The van der Waals surface area contributed by atoms with Gasteiger partial charge in [0.25, 0.3) is 10.0 Å². The molecule has 1 heterocycles. The standard InChI is InChI=1S/C21H17F2N3O4S/c1-25-17-11-16(24-31(28,29)20-9-8-13(22)10-15(20)23)19(12-18(17)26(2)21(25)27)30-14-6-4-3-5-7-14/h3-12,24H,1-2H3. The summed E-state index contributed by atoms with van der Waals surface area (Å²) < 4.78 is 63.9. The lowest BCUT2D eigenvalue weighted by Gasteiger charge is -2.15. The van der Waals surface area contributed by atoms with E-state index in [0.717, 1.165) is 12.1 Å². The molecule has 0 saturated carbocycles. The van der Waals surface area contributed by atoms with Gasteiger partial charge in [0.2, 0.25) is 0 Å². The maximum atomic E-state index is 14.1. The smallest absolute Gasteiger partial charge is 0.328 e. The molecule has 0 amide bonds. The Balaban J connectivity index is 1.87. The number of rotatable bonds is 5. The van der Waals surface area contributed by atoms with Gasteiger partial charge in [-0.25, -0.2) is 22.0 Å². The first-order chi connectivity index (χ1) is 14.7. The molecule has 10 heteroatoms. The minimum absolute atomic E-state index is 0.0127. The number of fused-ring (bicyclic) bond motifs is 1. The molecule has 4 aromatic rings. The van der Waals surface area contributed by atoms with E-state index in [4.69, 9.17) is 4.74 Å². The van der Waals surface area contributed by atoms with Crippen LogP contribution in [0.5, 0.6) is 11.5 Å². The number of nitrogens with one attached hydrogen (secondary N) is 1. The maximum absolute atomic E-state index is 14.1. The van der Waals surface area contributed by atoms with E-state index in [1.54, 1.807) is 44.4 Å². The highest BCUT2D eigenvalue weighted by atomic mass is 32.2. The van der Waals surface area contributed by atoms with E-state index in [2.05, 4.69) is 4.72 Å². The van der Waals surface area contributed by atoms with Crippen molar-refractivity contribution in [3.8, 4) is 11.5 Å². The van der Waals surface area contributed by atoms with Crippen molar-refractivity contribution in [2.24, 2.45) is 14.1 Å². The Morgan fingerprint density at radius 2 is 1.55 bits per heavy atom. The summed E-state index contributed by atoms with van der Waals surface area (Å²) in [7, 11) is -1.31. The van der Waals surface area contributed by atoms with Gasteiger partial charge in [-0.1, -0.05) is 18.2 Å². The highest BCUT2D eigenvalue weighted by Gasteiger charge is 2.23. The minimum Gasteiger partial charge on any atom is -0.455 e. The third kappa shape index (κ3) is 3.77. The topological polar surface area (TPSA) is 82.3 Å². The number of sulfonamides is 1. The van der Waals surface area contributed by atoms with Gasteiger partial charge < -0.3 is 4.74 Å². The van der Waals surface area contributed by atoms with Gasteiger partial charge in [-0.05, 0) is 30.3 Å². The second-order valence-corrected chi connectivity index (χ2v) is 8.48. The minimum atomic E-state index is -4.43. The maximum Gasteiger partial charge on any atom is 0.328 e. The highest BCUT2D eigenvalue weighted by Crippen LogP contribution is 2.35. The second-order valence-electron chi connectivity index (χ2n) is 6.83. The molecule has 7 nitrogen and oxygen atoms in total. The number of hydrogen-bond donors (Lipinski definition) is 1. The number of nitrogens with zero attached hydrogens (tertiary/aromatic N) is 2. The van der Waals surface area contributed by atoms with Crippen molar-refractivity contribution in [1.29, 1.82) is 0 Å². The van der Waals surface area contributed by atoms with Crippen molar-refractivity contribution in [2.75, 3.05) is 4.72 Å². The van der Waals surface area contributed by atoms with Crippen molar-refractivity contribution < 1.29 is 21.9 Å². The molecule has 1 N–H and O–H groups in total. The van der Waals surface area contributed by atoms with Gasteiger partial charge in [-0.15, -0.1) is 0 Å².